The van der Waals surface area contributed by atoms with Crippen LogP contribution in [0, 0.1) is 0 Å². The van der Waals surface area contributed by atoms with Crippen LogP contribution in [-0.4, -0.2) is 45.8 Å². The van der Waals surface area contributed by atoms with Gasteiger partial charge in [-0.05, 0) is 44.7 Å². The van der Waals surface area contributed by atoms with Crippen molar-refractivity contribution in [3.05, 3.63) is 24.0 Å². The molecule has 0 saturated carbocycles. The van der Waals surface area contributed by atoms with Crippen molar-refractivity contribution in [1.82, 2.24) is 14.8 Å². The van der Waals surface area contributed by atoms with E-state index in [4.69, 9.17) is 0 Å². The predicted molar refractivity (Wildman–Crippen MR) is 78.5 cm³/mol. The fourth-order valence-electron chi connectivity index (χ4n) is 2.78. The number of rotatable bonds is 5. The smallest absolute Gasteiger partial charge is 0.317 e. The van der Waals surface area contributed by atoms with Crippen molar-refractivity contribution >= 4 is 6.03 Å². The summed E-state index contributed by atoms with van der Waals surface area (Å²) < 4.78 is 2.11. The van der Waals surface area contributed by atoms with E-state index in [-0.39, 0.29) is 24.7 Å². The first-order valence-corrected chi connectivity index (χ1v) is 7.40. The van der Waals surface area contributed by atoms with E-state index in [9.17, 15) is 9.90 Å². The minimum absolute atomic E-state index is 0.00456. The van der Waals surface area contributed by atoms with Crippen molar-refractivity contribution in [1.29, 1.82) is 0 Å². The molecular formula is C15H25N3O2. The highest BCUT2D eigenvalue weighted by molar-refractivity contribution is 5.75. The van der Waals surface area contributed by atoms with E-state index in [1.165, 1.54) is 5.69 Å². The molecule has 2 heterocycles. The molecule has 1 saturated heterocycles. The summed E-state index contributed by atoms with van der Waals surface area (Å²) in [5.74, 6) is 0. The second-order valence-electron chi connectivity index (χ2n) is 5.67. The number of nitrogens with zero attached hydrogens (tertiary/aromatic N) is 2. The van der Waals surface area contributed by atoms with Crippen molar-refractivity contribution in [3.63, 3.8) is 0 Å². The number of carbonyl (C=O) groups is 1. The molecular weight excluding hydrogens is 254 g/mol. The van der Waals surface area contributed by atoms with E-state index in [1.54, 1.807) is 4.90 Å². The second kappa shape index (κ2) is 6.79. The topological polar surface area (TPSA) is 57.5 Å². The fraction of sp³-hybridized carbons (Fsp3) is 0.667. The molecule has 0 radical (unpaired) electrons. The third-order valence-corrected chi connectivity index (χ3v) is 4.10. The average molecular weight is 279 g/mol. The van der Waals surface area contributed by atoms with E-state index in [1.807, 2.05) is 26.2 Å². The molecule has 0 aliphatic carbocycles. The summed E-state index contributed by atoms with van der Waals surface area (Å²) >= 11 is 0. The minimum Gasteiger partial charge on any atom is -0.394 e. The molecule has 0 aromatic carbocycles. The average Bonchev–Trinajstić information content (AvgIpc) is 3.04. The van der Waals surface area contributed by atoms with Crippen molar-refractivity contribution in [2.24, 2.45) is 7.05 Å². The molecule has 112 valence electrons. The van der Waals surface area contributed by atoms with E-state index >= 15 is 0 Å². The molecule has 5 nitrogen and oxygen atoms in total. The summed E-state index contributed by atoms with van der Waals surface area (Å²) in [4.78, 5) is 13.9. The summed E-state index contributed by atoms with van der Waals surface area (Å²) in [7, 11) is 2.04. The molecule has 2 N–H and O–H groups in total. The molecule has 0 bridgehead atoms. The molecule has 0 unspecified atom stereocenters. The molecule has 1 aromatic rings. The number of likely N-dealkylation sites (tertiary alicyclic amines) is 1. The number of aryl methyl sites for hydroxylation is 2. The molecule has 1 fully saturated rings. The van der Waals surface area contributed by atoms with E-state index in [2.05, 4.69) is 16.0 Å². The van der Waals surface area contributed by atoms with Crippen LogP contribution in [0.5, 0.6) is 0 Å². The monoisotopic (exact) mass is 279 g/mol. The molecule has 2 atom stereocenters. The van der Waals surface area contributed by atoms with Crippen LogP contribution < -0.4 is 5.32 Å². The number of aromatic nitrogens is 1. The third kappa shape index (κ3) is 3.54. The highest BCUT2D eigenvalue weighted by atomic mass is 16.3. The van der Waals surface area contributed by atoms with Crippen LogP contribution in [0.15, 0.2) is 18.3 Å². The lowest BCUT2D eigenvalue weighted by molar-refractivity contribution is 0.154. The Labute approximate surface area is 120 Å². The predicted octanol–water partition coefficient (Wildman–Crippen LogP) is 1.51. The zero-order valence-electron chi connectivity index (χ0n) is 12.4. The van der Waals surface area contributed by atoms with Crippen molar-refractivity contribution < 1.29 is 9.90 Å². The number of aliphatic hydroxyl groups excluding tert-OH is 1. The van der Waals surface area contributed by atoms with Crippen LogP contribution in [-0.2, 0) is 13.5 Å². The SMILES string of the molecule is C[C@H](CCc1cccn1C)NC(=O)N1CCC[C@@H]1CO. The van der Waals surface area contributed by atoms with Gasteiger partial charge in [0, 0.05) is 31.5 Å². The molecule has 1 aromatic heterocycles. The lowest BCUT2D eigenvalue weighted by Crippen LogP contribution is -2.47. The quantitative estimate of drug-likeness (QED) is 0.858. The van der Waals surface area contributed by atoms with Gasteiger partial charge in [-0.15, -0.1) is 0 Å². The lowest BCUT2D eigenvalue weighted by atomic mass is 10.1. The van der Waals surface area contributed by atoms with Crippen LogP contribution in [0.25, 0.3) is 0 Å². The molecule has 20 heavy (non-hydrogen) atoms. The maximum Gasteiger partial charge on any atom is 0.317 e. The zero-order chi connectivity index (χ0) is 14.5. The number of aliphatic hydroxyl groups is 1. The Bertz CT molecular complexity index is 444. The molecule has 1 aliphatic heterocycles. The minimum atomic E-state index is -0.0408. The van der Waals surface area contributed by atoms with Crippen molar-refractivity contribution in [3.8, 4) is 0 Å². The summed E-state index contributed by atoms with van der Waals surface area (Å²) in [6, 6.07) is 4.24. The van der Waals surface area contributed by atoms with Gasteiger partial charge in [0.25, 0.3) is 0 Å². The Balaban J connectivity index is 1.78. The third-order valence-electron chi connectivity index (χ3n) is 4.10. The summed E-state index contributed by atoms with van der Waals surface area (Å²) in [6.07, 6.45) is 5.79. The maximum atomic E-state index is 12.2. The van der Waals surface area contributed by atoms with Gasteiger partial charge in [0.2, 0.25) is 0 Å². The Morgan fingerprint density at radius 1 is 1.60 bits per heavy atom. The highest BCUT2D eigenvalue weighted by Crippen LogP contribution is 2.16. The molecule has 0 spiro atoms. The van der Waals surface area contributed by atoms with Crippen molar-refractivity contribution in [2.45, 2.75) is 44.7 Å². The highest BCUT2D eigenvalue weighted by Gasteiger charge is 2.28. The standard InChI is InChI=1S/C15H25N3O2/c1-12(7-8-13-5-3-9-17(13)2)16-15(20)18-10-4-6-14(18)11-19/h3,5,9,12,14,19H,4,6-8,10-11H2,1-2H3,(H,16,20)/t12-,14-/m1/s1. The van der Waals surface area contributed by atoms with E-state index in [0.717, 1.165) is 32.2 Å². The Morgan fingerprint density at radius 3 is 3.05 bits per heavy atom. The van der Waals surface area contributed by atoms with Gasteiger partial charge in [-0.25, -0.2) is 4.79 Å². The molecule has 2 rings (SSSR count). The first kappa shape index (κ1) is 14.9. The molecule has 2 amide bonds. The number of amides is 2. The normalized spacial score (nSPS) is 20.1. The number of carbonyl (C=O) groups excluding carboxylic acids is 1. The Hall–Kier alpha value is -1.49. The zero-order valence-corrected chi connectivity index (χ0v) is 12.4. The second-order valence-corrected chi connectivity index (χ2v) is 5.67. The first-order valence-electron chi connectivity index (χ1n) is 7.40. The molecule has 5 heteroatoms. The lowest BCUT2D eigenvalue weighted by Gasteiger charge is -2.25. The number of hydrogen-bond donors (Lipinski definition) is 2. The fourth-order valence-corrected chi connectivity index (χ4v) is 2.78. The van der Waals surface area contributed by atoms with Gasteiger partial charge >= 0.3 is 6.03 Å². The van der Waals surface area contributed by atoms with Gasteiger partial charge in [0.1, 0.15) is 0 Å². The van der Waals surface area contributed by atoms with Gasteiger partial charge in [0.05, 0.1) is 12.6 Å². The number of nitrogens with one attached hydrogen (secondary N) is 1. The van der Waals surface area contributed by atoms with Gasteiger partial charge in [-0.2, -0.15) is 0 Å². The largest absolute Gasteiger partial charge is 0.394 e. The number of urea groups is 1. The van der Waals surface area contributed by atoms with Crippen LogP contribution in [0.3, 0.4) is 0 Å². The van der Waals surface area contributed by atoms with Crippen LogP contribution in [0.1, 0.15) is 31.9 Å². The van der Waals surface area contributed by atoms with Crippen LogP contribution >= 0.6 is 0 Å². The first-order chi connectivity index (χ1) is 9.61. The summed E-state index contributed by atoms with van der Waals surface area (Å²) in [5.41, 5.74) is 1.28. The van der Waals surface area contributed by atoms with Crippen LogP contribution in [0.4, 0.5) is 4.79 Å². The van der Waals surface area contributed by atoms with Gasteiger partial charge < -0.3 is 19.9 Å². The van der Waals surface area contributed by atoms with Gasteiger partial charge in [-0.3, -0.25) is 0 Å². The van der Waals surface area contributed by atoms with Gasteiger partial charge in [0.15, 0.2) is 0 Å². The molecule has 1 aliphatic rings. The maximum absolute atomic E-state index is 12.2. The van der Waals surface area contributed by atoms with E-state index < -0.39 is 0 Å². The Morgan fingerprint density at radius 2 is 2.40 bits per heavy atom. The summed E-state index contributed by atoms with van der Waals surface area (Å²) in [6.45, 7) is 2.84. The number of hydrogen-bond acceptors (Lipinski definition) is 2. The Kier molecular flexibility index (Phi) is 5.06. The van der Waals surface area contributed by atoms with Gasteiger partial charge in [-0.1, -0.05) is 0 Å². The van der Waals surface area contributed by atoms with Crippen LogP contribution in [0.2, 0.25) is 0 Å². The van der Waals surface area contributed by atoms with E-state index in [0.29, 0.717) is 0 Å². The van der Waals surface area contributed by atoms with Crippen molar-refractivity contribution in [2.75, 3.05) is 13.2 Å². The summed E-state index contributed by atoms with van der Waals surface area (Å²) in [5, 5.41) is 12.3.